The smallest absolute Gasteiger partial charge is 0.227 e. The molecule has 0 saturated carbocycles. The summed E-state index contributed by atoms with van der Waals surface area (Å²) < 4.78 is 32.5. The van der Waals surface area contributed by atoms with Gasteiger partial charge in [-0.1, -0.05) is 0 Å². The second-order valence-electron chi connectivity index (χ2n) is 8.15. The molecule has 0 fully saturated rings. The lowest BCUT2D eigenvalue weighted by Crippen LogP contribution is -1.97. The first-order chi connectivity index (χ1) is 17.4. The number of nitrogens with one attached hydrogen (secondary N) is 1. The average Bonchev–Trinajstić information content (AvgIpc) is 3.58. The number of hydrogen-bond donors (Lipinski definition) is 1. The van der Waals surface area contributed by atoms with Gasteiger partial charge in [-0.05, 0) is 36.4 Å². The van der Waals surface area contributed by atoms with E-state index >= 15 is 0 Å². The van der Waals surface area contributed by atoms with Crippen molar-refractivity contribution in [2.45, 2.75) is 0 Å². The normalized spacial score (nSPS) is 11.3. The van der Waals surface area contributed by atoms with Gasteiger partial charge in [0.2, 0.25) is 5.95 Å². The molecule has 0 saturated heterocycles. The van der Waals surface area contributed by atoms with Crippen molar-refractivity contribution in [3.63, 3.8) is 0 Å². The highest BCUT2D eigenvalue weighted by atomic mass is 19.2. The van der Waals surface area contributed by atoms with Crippen LogP contribution in [0.3, 0.4) is 0 Å². The van der Waals surface area contributed by atoms with E-state index in [4.69, 9.17) is 0 Å². The van der Waals surface area contributed by atoms with E-state index in [0.717, 1.165) is 23.4 Å². The summed E-state index contributed by atoms with van der Waals surface area (Å²) in [5.74, 6) is -0.901. The fraction of sp³-hybridized carbons (Fsp3) is 0.0833. The highest BCUT2D eigenvalue weighted by Gasteiger charge is 2.19. The number of benzene rings is 1. The predicted molar refractivity (Wildman–Crippen MR) is 128 cm³/mol. The van der Waals surface area contributed by atoms with Crippen molar-refractivity contribution in [2.75, 3.05) is 5.32 Å². The minimum absolute atomic E-state index is 0.438. The first-order valence-electron chi connectivity index (χ1n) is 10.9. The summed E-state index contributed by atoms with van der Waals surface area (Å²) >= 11 is 0. The molecule has 5 aromatic heterocycles. The molecule has 178 valence electrons. The van der Waals surface area contributed by atoms with Gasteiger partial charge in [-0.25, -0.2) is 18.7 Å². The molecule has 0 aliphatic rings. The highest BCUT2D eigenvalue weighted by Crippen LogP contribution is 2.31. The maximum atomic E-state index is 13.9. The van der Waals surface area contributed by atoms with Gasteiger partial charge in [0, 0.05) is 50.0 Å². The number of anilines is 2. The van der Waals surface area contributed by atoms with Crippen LogP contribution in [-0.2, 0) is 14.1 Å². The summed E-state index contributed by atoms with van der Waals surface area (Å²) in [7, 11) is 3.58. The Bertz CT molecular complexity index is 1730. The van der Waals surface area contributed by atoms with Crippen molar-refractivity contribution in [3.8, 4) is 33.9 Å². The van der Waals surface area contributed by atoms with Crippen molar-refractivity contribution < 1.29 is 8.78 Å². The maximum Gasteiger partial charge on any atom is 0.227 e. The van der Waals surface area contributed by atoms with Crippen LogP contribution < -0.4 is 5.32 Å². The Morgan fingerprint density at radius 3 is 2.58 bits per heavy atom. The monoisotopic (exact) mass is 484 g/mol. The van der Waals surface area contributed by atoms with E-state index in [9.17, 15) is 8.78 Å². The summed E-state index contributed by atoms with van der Waals surface area (Å²) in [6.07, 6.45) is 8.78. The minimum Gasteiger partial charge on any atom is -0.321 e. The van der Waals surface area contributed by atoms with Gasteiger partial charge in [-0.15, -0.1) is 10.2 Å². The number of fused-ring (bicyclic) bond motifs is 1. The van der Waals surface area contributed by atoms with Gasteiger partial charge in [-0.3, -0.25) is 13.8 Å². The largest absolute Gasteiger partial charge is 0.321 e. The Labute approximate surface area is 202 Å². The van der Waals surface area contributed by atoms with Crippen molar-refractivity contribution in [2.24, 2.45) is 14.1 Å². The first-order valence-corrected chi connectivity index (χ1v) is 10.9. The second-order valence-corrected chi connectivity index (χ2v) is 8.15. The van der Waals surface area contributed by atoms with E-state index in [1.807, 2.05) is 31.6 Å². The Morgan fingerprint density at radius 1 is 0.889 bits per heavy atom. The molecule has 0 amide bonds. The molecule has 0 unspecified atom stereocenters. The Balaban J connectivity index is 1.36. The van der Waals surface area contributed by atoms with Crippen LogP contribution in [0.25, 0.3) is 39.5 Å². The van der Waals surface area contributed by atoms with Gasteiger partial charge in [-0.2, -0.15) is 10.2 Å². The molecular formula is C24H18F2N10. The number of rotatable bonds is 5. The Kier molecular flexibility index (Phi) is 4.99. The van der Waals surface area contributed by atoms with Crippen LogP contribution in [0.15, 0.2) is 67.4 Å². The topological polar surface area (TPSA) is 104 Å². The predicted octanol–water partition coefficient (Wildman–Crippen LogP) is 4.01. The number of aryl methyl sites for hydroxylation is 2. The Hall–Kier alpha value is -5.00. The summed E-state index contributed by atoms with van der Waals surface area (Å²) in [6.45, 7) is 0. The standard InChI is InChI=1S/C24H18F2N10/c1-34-12-16(11-28-34)29-24-27-7-5-20(30-24)14-6-8-36-21(10-14)31-32-23(36)17-13-35(2)33-22(17)15-3-4-18(25)19(26)9-15/h3-13H,1-2H3,(H,27,29,30). The van der Waals surface area contributed by atoms with Gasteiger partial charge < -0.3 is 5.32 Å². The van der Waals surface area contributed by atoms with Crippen molar-refractivity contribution in [3.05, 3.63) is 79.0 Å². The quantitative estimate of drug-likeness (QED) is 0.394. The maximum absolute atomic E-state index is 13.9. The zero-order valence-corrected chi connectivity index (χ0v) is 19.1. The lowest BCUT2D eigenvalue weighted by molar-refractivity contribution is 0.509. The molecule has 5 heterocycles. The first kappa shape index (κ1) is 21.5. The molecule has 12 heteroatoms. The fourth-order valence-corrected chi connectivity index (χ4v) is 3.94. The molecule has 10 nitrogen and oxygen atoms in total. The summed E-state index contributed by atoms with van der Waals surface area (Å²) in [5, 5.41) is 20.4. The van der Waals surface area contributed by atoms with Crippen LogP contribution >= 0.6 is 0 Å². The third-order valence-electron chi connectivity index (χ3n) is 5.59. The zero-order chi connectivity index (χ0) is 24.8. The summed E-state index contributed by atoms with van der Waals surface area (Å²) in [6, 6.07) is 9.24. The van der Waals surface area contributed by atoms with Gasteiger partial charge in [0.1, 0.15) is 5.69 Å². The Morgan fingerprint density at radius 2 is 1.78 bits per heavy atom. The number of nitrogens with zero attached hydrogens (tertiary/aromatic N) is 9. The number of halogens is 2. The van der Waals surface area contributed by atoms with E-state index in [2.05, 4.69) is 35.7 Å². The molecule has 0 atom stereocenters. The van der Waals surface area contributed by atoms with E-state index in [1.165, 1.54) is 6.07 Å². The van der Waals surface area contributed by atoms with Gasteiger partial charge in [0.15, 0.2) is 23.1 Å². The van der Waals surface area contributed by atoms with Crippen LogP contribution in [-0.4, -0.2) is 44.1 Å². The van der Waals surface area contributed by atoms with Crippen LogP contribution in [0.4, 0.5) is 20.4 Å². The molecule has 0 aliphatic heterocycles. The minimum atomic E-state index is -0.943. The lowest BCUT2D eigenvalue weighted by atomic mass is 10.1. The van der Waals surface area contributed by atoms with Gasteiger partial charge in [0.25, 0.3) is 0 Å². The number of aromatic nitrogens is 9. The van der Waals surface area contributed by atoms with Gasteiger partial charge >= 0.3 is 0 Å². The zero-order valence-electron chi connectivity index (χ0n) is 19.1. The third-order valence-corrected chi connectivity index (χ3v) is 5.59. The van der Waals surface area contributed by atoms with Crippen LogP contribution in [0.2, 0.25) is 0 Å². The molecule has 36 heavy (non-hydrogen) atoms. The highest BCUT2D eigenvalue weighted by molar-refractivity contribution is 5.78. The van der Waals surface area contributed by atoms with E-state index in [0.29, 0.717) is 39.9 Å². The third kappa shape index (κ3) is 3.83. The molecule has 0 radical (unpaired) electrons. The molecule has 1 aromatic carbocycles. The summed E-state index contributed by atoms with van der Waals surface area (Å²) in [4.78, 5) is 8.87. The van der Waals surface area contributed by atoms with Gasteiger partial charge in [0.05, 0.1) is 23.1 Å². The van der Waals surface area contributed by atoms with Crippen molar-refractivity contribution >= 4 is 17.3 Å². The molecular weight excluding hydrogens is 466 g/mol. The van der Waals surface area contributed by atoms with Crippen molar-refractivity contribution in [1.29, 1.82) is 0 Å². The molecule has 6 aromatic rings. The van der Waals surface area contributed by atoms with E-state index in [-0.39, 0.29) is 0 Å². The summed E-state index contributed by atoms with van der Waals surface area (Å²) in [5.41, 5.74) is 4.43. The van der Waals surface area contributed by atoms with Crippen molar-refractivity contribution in [1.82, 2.24) is 44.1 Å². The number of pyridine rings is 1. The fourth-order valence-electron chi connectivity index (χ4n) is 3.94. The second kappa shape index (κ2) is 8.34. The van der Waals surface area contributed by atoms with E-state index in [1.54, 1.807) is 45.5 Å². The molecule has 6 rings (SSSR count). The lowest BCUT2D eigenvalue weighted by Gasteiger charge is -2.06. The molecule has 0 spiro atoms. The number of hydrogen-bond acceptors (Lipinski definition) is 7. The molecule has 0 aliphatic carbocycles. The average molecular weight is 484 g/mol. The molecule has 1 N–H and O–H groups in total. The van der Waals surface area contributed by atoms with Crippen LogP contribution in [0.5, 0.6) is 0 Å². The van der Waals surface area contributed by atoms with E-state index < -0.39 is 11.6 Å². The van der Waals surface area contributed by atoms with Crippen LogP contribution in [0, 0.1) is 11.6 Å². The van der Waals surface area contributed by atoms with Crippen LogP contribution in [0.1, 0.15) is 0 Å². The molecule has 0 bridgehead atoms. The SMILES string of the molecule is Cn1cc(Nc2nccc(-c3ccn4c(-c5cn(C)nc5-c5ccc(F)c(F)c5)nnc4c3)n2)cn1.